The molecule has 0 aliphatic rings. The van der Waals surface area contributed by atoms with E-state index in [9.17, 15) is 4.79 Å². The van der Waals surface area contributed by atoms with Crippen LogP contribution in [-0.4, -0.2) is 39.7 Å². The lowest BCUT2D eigenvalue weighted by Gasteiger charge is -2.14. The van der Waals surface area contributed by atoms with Crippen LogP contribution < -0.4 is 19.6 Å². The van der Waals surface area contributed by atoms with Crippen molar-refractivity contribution < 1.29 is 23.7 Å². The molecule has 2 aromatic carbocycles. The zero-order valence-electron chi connectivity index (χ0n) is 17.0. The lowest BCUT2D eigenvalue weighted by atomic mass is 10.1. The number of benzene rings is 2. The number of methoxy groups -OCH3 is 2. The van der Waals surface area contributed by atoms with Crippen LogP contribution in [0.15, 0.2) is 35.4 Å². The molecule has 0 aromatic heterocycles. The van der Waals surface area contributed by atoms with Crippen molar-refractivity contribution in [1.82, 2.24) is 5.43 Å². The van der Waals surface area contributed by atoms with E-state index >= 15 is 0 Å². The average Bonchev–Trinajstić information content (AvgIpc) is 2.67. The fraction of sp³-hybridized carbons (Fsp3) is 0.333. The van der Waals surface area contributed by atoms with Crippen LogP contribution in [0, 0.1) is 13.8 Å². The van der Waals surface area contributed by atoms with E-state index in [1.807, 2.05) is 26.0 Å². The van der Waals surface area contributed by atoms with Gasteiger partial charge < -0.3 is 18.9 Å². The lowest BCUT2D eigenvalue weighted by Crippen LogP contribution is -2.16. The molecule has 1 N–H and O–H groups in total. The fourth-order valence-electron chi connectivity index (χ4n) is 2.60. The molecule has 0 spiro atoms. The number of aryl methyl sites for hydroxylation is 2. The first kappa shape index (κ1) is 22.4. The molecule has 0 radical (unpaired) electrons. The largest absolute Gasteiger partial charge is 0.493 e. The molecule has 0 atom stereocenters. The zero-order chi connectivity index (χ0) is 21.2. The van der Waals surface area contributed by atoms with Crippen molar-refractivity contribution in [2.24, 2.45) is 5.10 Å². The molecule has 8 heteroatoms. The number of rotatable bonds is 9. The minimum atomic E-state index is -0.665. The number of hydrazone groups is 1. The van der Waals surface area contributed by atoms with Crippen LogP contribution in [0.4, 0.5) is 4.79 Å². The summed E-state index contributed by atoms with van der Waals surface area (Å²) in [5, 5.41) is 4.14. The highest BCUT2D eigenvalue weighted by Crippen LogP contribution is 2.36. The van der Waals surface area contributed by atoms with Gasteiger partial charge in [-0.05, 0) is 54.8 Å². The number of amides is 1. The molecule has 29 heavy (non-hydrogen) atoms. The molecule has 0 heterocycles. The van der Waals surface area contributed by atoms with Gasteiger partial charge in [0.1, 0.15) is 5.75 Å². The Morgan fingerprint density at radius 2 is 1.76 bits per heavy atom. The monoisotopic (exact) mass is 420 g/mol. The number of nitrogens with zero attached hydrogens (tertiary/aromatic N) is 1. The van der Waals surface area contributed by atoms with Gasteiger partial charge in [0.2, 0.25) is 0 Å². The topological polar surface area (TPSA) is 78.4 Å². The Hall–Kier alpha value is -2.93. The number of ether oxygens (including phenoxy) is 4. The molecule has 7 nitrogen and oxygen atoms in total. The van der Waals surface area contributed by atoms with Crippen LogP contribution in [0.3, 0.4) is 0 Å². The van der Waals surface area contributed by atoms with E-state index in [4.69, 9.17) is 25.8 Å². The van der Waals surface area contributed by atoms with Crippen molar-refractivity contribution in [3.05, 3.63) is 52.0 Å². The predicted molar refractivity (Wildman–Crippen MR) is 113 cm³/mol. The highest BCUT2D eigenvalue weighted by Gasteiger charge is 2.12. The van der Waals surface area contributed by atoms with E-state index < -0.39 is 6.09 Å². The summed E-state index contributed by atoms with van der Waals surface area (Å²) in [5.74, 6) is 1.76. The van der Waals surface area contributed by atoms with Gasteiger partial charge in [0.05, 0.1) is 38.7 Å². The quantitative estimate of drug-likeness (QED) is 0.367. The van der Waals surface area contributed by atoms with E-state index in [0.717, 1.165) is 16.9 Å². The first-order valence-corrected chi connectivity index (χ1v) is 9.39. The van der Waals surface area contributed by atoms with E-state index in [0.29, 0.717) is 41.7 Å². The van der Waals surface area contributed by atoms with E-state index in [2.05, 4.69) is 21.3 Å². The highest BCUT2D eigenvalue weighted by atomic mass is 35.5. The van der Waals surface area contributed by atoms with Gasteiger partial charge in [-0.2, -0.15) is 5.10 Å². The SMILES string of the molecule is COC(=O)N/N=C\c1cc(Cl)c(OCCCOc2cc(C)cc(C)c2)c(OC)c1. The van der Waals surface area contributed by atoms with Gasteiger partial charge in [-0.25, -0.2) is 10.2 Å². The van der Waals surface area contributed by atoms with E-state index in [1.54, 1.807) is 12.1 Å². The Morgan fingerprint density at radius 3 is 2.41 bits per heavy atom. The van der Waals surface area contributed by atoms with Crippen LogP contribution >= 0.6 is 11.6 Å². The summed E-state index contributed by atoms with van der Waals surface area (Å²) in [7, 11) is 2.78. The maximum absolute atomic E-state index is 11.0. The Balaban J connectivity index is 1.90. The van der Waals surface area contributed by atoms with Crippen molar-refractivity contribution in [2.45, 2.75) is 20.3 Å². The van der Waals surface area contributed by atoms with Crippen molar-refractivity contribution in [1.29, 1.82) is 0 Å². The van der Waals surface area contributed by atoms with Gasteiger partial charge in [-0.15, -0.1) is 0 Å². The molecular formula is C21H25ClN2O5. The average molecular weight is 421 g/mol. The smallest absolute Gasteiger partial charge is 0.427 e. The van der Waals surface area contributed by atoms with Crippen LogP contribution in [0.5, 0.6) is 17.2 Å². The molecular weight excluding hydrogens is 396 g/mol. The molecule has 0 bridgehead atoms. The third-order valence-corrected chi connectivity index (χ3v) is 4.09. The van der Waals surface area contributed by atoms with Crippen LogP contribution in [0.25, 0.3) is 0 Å². The molecule has 0 unspecified atom stereocenters. The molecule has 0 aliphatic carbocycles. The summed E-state index contributed by atoms with van der Waals surface area (Å²) < 4.78 is 21.4. The van der Waals surface area contributed by atoms with Crippen molar-refractivity contribution in [3.63, 3.8) is 0 Å². The molecule has 1 amide bonds. The minimum Gasteiger partial charge on any atom is -0.493 e. The number of hydrogen-bond donors (Lipinski definition) is 1. The second-order valence-electron chi connectivity index (χ2n) is 6.27. The van der Waals surface area contributed by atoms with Gasteiger partial charge in [-0.1, -0.05) is 17.7 Å². The van der Waals surface area contributed by atoms with Crippen LogP contribution in [0.1, 0.15) is 23.1 Å². The first-order chi connectivity index (χ1) is 13.9. The Bertz CT molecular complexity index is 850. The van der Waals surface area contributed by atoms with Crippen molar-refractivity contribution in [3.8, 4) is 17.2 Å². The number of hydrogen-bond acceptors (Lipinski definition) is 6. The number of halogens is 1. The molecule has 2 aromatic rings. The Morgan fingerprint density at radius 1 is 1.07 bits per heavy atom. The Labute approximate surface area is 175 Å². The first-order valence-electron chi connectivity index (χ1n) is 9.01. The lowest BCUT2D eigenvalue weighted by molar-refractivity contribution is 0.171. The van der Waals surface area contributed by atoms with Gasteiger partial charge in [0.15, 0.2) is 11.5 Å². The molecule has 0 fully saturated rings. The third-order valence-electron chi connectivity index (χ3n) is 3.81. The van der Waals surface area contributed by atoms with Gasteiger partial charge in [0.25, 0.3) is 0 Å². The normalized spacial score (nSPS) is 10.7. The number of carbonyl (C=O) groups is 1. The molecule has 0 aliphatic heterocycles. The highest BCUT2D eigenvalue weighted by molar-refractivity contribution is 6.32. The fourth-order valence-corrected chi connectivity index (χ4v) is 2.87. The maximum atomic E-state index is 11.0. The van der Waals surface area contributed by atoms with Crippen LogP contribution in [0.2, 0.25) is 5.02 Å². The standard InChI is InChI=1S/C21H25ClN2O5/c1-14-8-15(2)10-17(9-14)28-6-5-7-29-20-18(22)11-16(12-19(20)26-3)13-23-24-21(25)27-4/h8-13H,5-7H2,1-4H3,(H,24,25)/b23-13-. The van der Waals surface area contributed by atoms with Crippen molar-refractivity contribution >= 4 is 23.9 Å². The molecule has 0 saturated carbocycles. The second kappa shape index (κ2) is 11.2. The van der Waals surface area contributed by atoms with Crippen LogP contribution in [-0.2, 0) is 4.74 Å². The van der Waals surface area contributed by atoms with Gasteiger partial charge in [-0.3, -0.25) is 0 Å². The summed E-state index contributed by atoms with van der Waals surface area (Å²) in [6.07, 6.45) is 1.44. The second-order valence-corrected chi connectivity index (χ2v) is 6.68. The molecule has 0 saturated heterocycles. The maximum Gasteiger partial charge on any atom is 0.427 e. The molecule has 156 valence electrons. The van der Waals surface area contributed by atoms with Crippen molar-refractivity contribution in [2.75, 3.05) is 27.4 Å². The summed E-state index contributed by atoms with van der Waals surface area (Å²) in [6.45, 7) is 5.01. The summed E-state index contributed by atoms with van der Waals surface area (Å²) in [4.78, 5) is 11.0. The molecule has 2 rings (SSSR count). The van der Waals surface area contributed by atoms with Gasteiger partial charge >= 0.3 is 6.09 Å². The summed E-state index contributed by atoms with van der Waals surface area (Å²) in [5.41, 5.74) is 5.16. The predicted octanol–water partition coefficient (Wildman–Crippen LogP) is 4.50. The summed E-state index contributed by atoms with van der Waals surface area (Å²) in [6, 6.07) is 9.47. The minimum absolute atomic E-state index is 0.374. The summed E-state index contributed by atoms with van der Waals surface area (Å²) >= 11 is 6.32. The zero-order valence-corrected chi connectivity index (χ0v) is 17.7. The Kier molecular flexibility index (Phi) is 8.61. The third kappa shape index (κ3) is 7.19. The van der Waals surface area contributed by atoms with Gasteiger partial charge in [0, 0.05) is 6.42 Å². The number of nitrogens with one attached hydrogen (secondary N) is 1. The van der Waals surface area contributed by atoms with E-state index in [1.165, 1.54) is 20.4 Å². The van der Waals surface area contributed by atoms with E-state index in [-0.39, 0.29) is 0 Å². The number of carbonyl (C=O) groups excluding carboxylic acids is 1.